The van der Waals surface area contributed by atoms with Gasteiger partial charge < -0.3 is 9.88 Å². The topological polar surface area (TPSA) is 34.0 Å². The molecule has 3 aromatic rings. The van der Waals surface area contributed by atoms with Crippen LogP contribution in [0, 0.1) is 5.82 Å². The van der Waals surface area contributed by atoms with Gasteiger partial charge in [0.2, 0.25) is 0 Å². The van der Waals surface area contributed by atoms with Crippen LogP contribution >= 0.6 is 0 Å². The Morgan fingerprint density at radius 1 is 1.04 bits per heavy atom. The molecule has 136 valence electrons. The molecule has 1 aromatic heterocycles. The number of hydrogen-bond donors (Lipinski definition) is 1. The summed E-state index contributed by atoms with van der Waals surface area (Å²) in [7, 11) is 1.93. The summed E-state index contributed by atoms with van der Waals surface area (Å²) < 4.78 is 15.1. The molecule has 0 saturated heterocycles. The highest BCUT2D eigenvalue weighted by Crippen LogP contribution is 2.26. The Bertz CT molecular complexity index is 852. The van der Waals surface area contributed by atoms with E-state index in [2.05, 4.69) is 5.32 Å². The van der Waals surface area contributed by atoms with Gasteiger partial charge in [-0.2, -0.15) is 0 Å². The maximum atomic E-state index is 13.2. The summed E-state index contributed by atoms with van der Waals surface area (Å²) in [6.07, 6.45) is 0.731. The number of carbonyl (C=O) groups excluding carboxylic acids is 1. The molecule has 0 aliphatic heterocycles. The molecule has 0 bridgehead atoms. The molecule has 0 spiro atoms. The highest BCUT2D eigenvalue weighted by molar-refractivity contribution is 6.06. The van der Waals surface area contributed by atoms with Crippen LogP contribution in [0.3, 0.4) is 0 Å². The van der Waals surface area contributed by atoms with Crippen LogP contribution in [0.25, 0.3) is 11.3 Å². The normalized spacial score (nSPS) is 10.0. The number of para-hydroxylation sites is 1. The van der Waals surface area contributed by atoms with E-state index in [9.17, 15) is 9.18 Å². The van der Waals surface area contributed by atoms with Crippen molar-refractivity contribution in [2.24, 2.45) is 7.05 Å². The standard InChI is InChI=1S/C20H19FN2O.C2H6/c1-3-18-17(20(24)22-16-7-5-4-6-8-16)13-19(23(18)2)14-9-11-15(21)12-10-14;1-2/h4-13H,3H2,1-2H3,(H,22,24);1-2H3. The second kappa shape index (κ2) is 8.99. The van der Waals surface area contributed by atoms with Crippen molar-refractivity contribution in [2.75, 3.05) is 5.32 Å². The highest BCUT2D eigenvalue weighted by Gasteiger charge is 2.18. The largest absolute Gasteiger partial charge is 0.347 e. The van der Waals surface area contributed by atoms with Crippen molar-refractivity contribution in [3.05, 3.63) is 77.7 Å². The smallest absolute Gasteiger partial charge is 0.257 e. The maximum absolute atomic E-state index is 13.2. The van der Waals surface area contributed by atoms with Crippen molar-refractivity contribution in [1.82, 2.24) is 4.57 Å². The monoisotopic (exact) mass is 352 g/mol. The minimum Gasteiger partial charge on any atom is -0.347 e. The van der Waals surface area contributed by atoms with E-state index in [1.165, 1.54) is 12.1 Å². The molecular formula is C22H25FN2O. The van der Waals surface area contributed by atoms with Gasteiger partial charge in [-0.1, -0.05) is 39.0 Å². The van der Waals surface area contributed by atoms with Crippen LogP contribution in [-0.4, -0.2) is 10.5 Å². The number of benzene rings is 2. The van der Waals surface area contributed by atoms with Crippen LogP contribution in [0.2, 0.25) is 0 Å². The Morgan fingerprint density at radius 2 is 1.65 bits per heavy atom. The van der Waals surface area contributed by atoms with Gasteiger partial charge in [-0.25, -0.2) is 4.39 Å². The van der Waals surface area contributed by atoms with Crippen LogP contribution in [0.1, 0.15) is 36.8 Å². The Balaban J connectivity index is 0.00000117. The fourth-order valence-electron chi connectivity index (χ4n) is 2.88. The minimum absolute atomic E-state index is 0.137. The molecule has 2 aromatic carbocycles. The third-order valence-corrected chi connectivity index (χ3v) is 4.11. The molecule has 0 unspecified atom stereocenters. The second-order valence-electron chi connectivity index (χ2n) is 5.63. The van der Waals surface area contributed by atoms with E-state index in [-0.39, 0.29) is 11.7 Å². The van der Waals surface area contributed by atoms with Crippen LogP contribution in [0.4, 0.5) is 10.1 Å². The molecular weight excluding hydrogens is 327 g/mol. The zero-order chi connectivity index (χ0) is 19.1. The second-order valence-corrected chi connectivity index (χ2v) is 5.63. The molecule has 1 N–H and O–H groups in total. The fraction of sp³-hybridized carbons (Fsp3) is 0.227. The summed E-state index contributed by atoms with van der Waals surface area (Å²) in [5, 5.41) is 2.92. The molecule has 3 nitrogen and oxygen atoms in total. The van der Waals surface area contributed by atoms with E-state index in [0.717, 1.165) is 29.1 Å². The van der Waals surface area contributed by atoms with Gasteiger partial charge in [-0.3, -0.25) is 4.79 Å². The predicted molar refractivity (Wildman–Crippen MR) is 106 cm³/mol. The van der Waals surface area contributed by atoms with E-state index in [0.29, 0.717) is 5.56 Å². The van der Waals surface area contributed by atoms with Gasteiger partial charge in [0.1, 0.15) is 5.82 Å². The number of nitrogens with one attached hydrogen (secondary N) is 1. The first-order chi connectivity index (χ1) is 12.6. The summed E-state index contributed by atoms with van der Waals surface area (Å²) in [6, 6.07) is 17.5. The molecule has 0 atom stereocenters. The molecule has 1 amide bonds. The predicted octanol–water partition coefficient (Wildman–Crippen LogP) is 5.67. The van der Waals surface area contributed by atoms with Crippen molar-refractivity contribution in [3.8, 4) is 11.3 Å². The van der Waals surface area contributed by atoms with Crippen LogP contribution in [0.5, 0.6) is 0 Å². The number of carbonyl (C=O) groups is 1. The van der Waals surface area contributed by atoms with Crippen LogP contribution in [0.15, 0.2) is 60.7 Å². The SMILES string of the molecule is CC.CCc1c(C(=O)Nc2ccccc2)cc(-c2ccc(F)cc2)n1C. The summed E-state index contributed by atoms with van der Waals surface area (Å²) >= 11 is 0. The first-order valence-corrected chi connectivity index (χ1v) is 8.91. The van der Waals surface area contributed by atoms with Gasteiger partial charge in [-0.15, -0.1) is 0 Å². The van der Waals surface area contributed by atoms with Gasteiger partial charge in [0.15, 0.2) is 0 Å². The number of anilines is 1. The molecule has 0 fully saturated rings. The van der Waals surface area contributed by atoms with Crippen molar-refractivity contribution >= 4 is 11.6 Å². The molecule has 4 heteroatoms. The lowest BCUT2D eigenvalue weighted by Crippen LogP contribution is -2.13. The van der Waals surface area contributed by atoms with Gasteiger partial charge in [-0.05, 0) is 54.4 Å². The Kier molecular flexibility index (Phi) is 6.73. The molecule has 0 saturated carbocycles. The lowest BCUT2D eigenvalue weighted by atomic mass is 10.1. The van der Waals surface area contributed by atoms with Crippen LogP contribution in [-0.2, 0) is 13.5 Å². The zero-order valence-electron chi connectivity index (χ0n) is 15.7. The van der Waals surface area contributed by atoms with Gasteiger partial charge in [0.05, 0.1) is 5.56 Å². The number of rotatable bonds is 4. The van der Waals surface area contributed by atoms with Gasteiger partial charge in [0, 0.05) is 24.1 Å². The van der Waals surface area contributed by atoms with Gasteiger partial charge >= 0.3 is 0 Å². The van der Waals surface area contributed by atoms with E-state index < -0.39 is 0 Å². The number of halogens is 1. The Morgan fingerprint density at radius 3 is 2.23 bits per heavy atom. The third-order valence-electron chi connectivity index (χ3n) is 4.11. The van der Waals surface area contributed by atoms with Crippen molar-refractivity contribution < 1.29 is 9.18 Å². The number of hydrogen-bond acceptors (Lipinski definition) is 1. The molecule has 0 aliphatic carbocycles. The molecule has 0 aliphatic rings. The Labute approximate surface area is 154 Å². The maximum Gasteiger partial charge on any atom is 0.257 e. The number of amides is 1. The van der Waals surface area contributed by atoms with Crippen molar-refractivity contribution in [1.29, 1.82) is 0 Å². The fourth-order valence-corrected chi connectivity index (χ4v) is 2.88. The summed E-state index contributed by atoms with van der Waals surface area (Å²) in [5.74, 6) is -0.410. The Hall–Kier alpha value is -2.88. The lowest BCUT2D eigenvalue weighted by Gasteiger charge is -2.08. The van der Waals surface area contributed by atoms with E-state index >= 15 is 0 Å². The average molecular weight is 352 g/mol. The van der Waals surface area contributed by atoms with E-state index in [1.54, 1.807) is 12.1 Å². The minimum atomic E-state index is -0.272. The zero-order valence-corrected chi connectivity index (χ0v) is 15.7. The third kappa shape index (κ3) is 4.20. The first kappa shape index (κ1) is 19.4. The summed E-state index contributed by atoms with van der Waals surface area (Å²) in [4.78, 5) is 12.7. The van der Waals surface area contributed by atoms with Crippen molar-refractivity contribution in [3.63, 3.8) is 0 Å². The van der Waals surface area contributed by atoms with Gasteiger partial charge in [0.25, 0.3) is 5.91 Å². The van der Waals surface area contributed by atoms with Crippen molar-refractivity contribution in [2.45, 2.75) is 27.2 Å². The van der Waals surface area contributed by atoms with E-state index in [1.807, 2.05) is 68.8 Å². The summed E-state index contributed by atoms with van der Waals surface area (Å²) in [6.45, 7) is 6.02. The lowest BCUT2D eigenvalue weighted by molar-refractivity contribution is 0.102. The summed E-state index contributed by atoms with van der Waals surface area (Å²) in [5.41, 5.74) is 4.13. The number of aromatic nitrogens is 1. The number of nitrogens with zero attached hydrogens (tertiary/aromatic N) is 1. The molecule has 0 radical (unpaired) electrons. The molecule has 26 heavy (non-hydrogen) atoms. The molecule has 1 heterocycles. The first-order valence-electron chi connectivity index (χ1n) is 8.91. The molecule has 3 rings (SSSR count). The highest BCUT2D eigenvalue weighted by atomic mass is 19.1. The average Bonchev–Trinajstić information content (AvgIpc) is 3.01. The van der Waals surface area contributed by atoms with Crippen LogP contribution < -0.4 is 5.32 Å². The quantitative estimate of drug-likeness (QED) is 0.645. The van der Waals surface area contributed by atoms with E-state index in [4.69, 9.17) is 0 Å².